The summed E-state index contributed by atoms with van der Waals surface area (Å²) in [6, 6.07) is 19.9. The number of hydrogen-bond acceptors (Lipinski definition) is 5. The predicted octanol–water partition coefficient (Wildman–Crippen LogP) is 4.46. The number of ether oxygens (including phenoxy) is 1. The monoisotopic (exact) mass is 461 g/mol. The molecule has 0 aliphatic carbocycles. The van der Waals surface area contributed by atoms with Gasteiger partial charge in [0, 0.05) is 54.4 Å². The number of fused-ring (bicyclic) bond motifs is 1. The average Bonchev–Trinajstić information content (AvgIpc) is 3.16. The van der Waals surface area contributed by atoms with Gasteiger partial charge in [-0.25, -0.2) is 8.42 Å². The molecule has 6 nitrogen and oxygen atoms in total. The molecule has 1 aliphatic heterocycles. The van der Waals surface area contributed by atoms with E-state index < -0.39 is 9.84 Å². The van der Waals surface area contributed by atoms with Crippen molar-refractivity contribution in [1.82, 2.24) is 9.55 Å². The Morgan fingerprint density at radius 2 is 1.55 bits per heavy atom. The van der Waals surface area contributed by atoms with Gasteiger partial charge in [-0.15, -0.1) is 0 Å². The standard InChI is InChI=1S/C26H27N3O3S/c1-18-23-16-25(20-6-10-22(11-7-20)33(3,30)31)28(2)26(23)17-24(27-18)19-4-8-21(9-5-19)29-12-14-32-15-13-29/h4-11,16-17H,12-15H2,1-3H3. The Kier molecular flexibility index (Phi) is 5.46. The van der Waals surface area contributed by atoms with E-state index in [9.17, 15) is 8.42 Å². The summed E-state index contributed by atoms with van der Waals surface area (Å²) in [6.45, 7) is 5.41. The number of morpholine rings is 1. The maximum Gasteiger partial charge on any atom is 0.175 e. The summed E-state index contributed by atoms with van der Waals surface area (Å²) in [6.07, 6.45) is 1.23. The summed E-state index contributed by atoms with van der Waals surface area (Å²) < 4.78 is 31.2. The molecule has 33 heavy (non-hydrogen) atoms. The second-order valence-corrected chi connectivity index (χ2v) is 10.6. The van der Waals surface area contributed by atoms with Crippen LogP contribution < -0.4 is 4.90 Å². The summed E-state index contributed by atoms with van der Waals surface area (Å²) in [5.41, 5.74) is 7.28. The summed E-state index contributed by atoms with van der Waals surface area (Å²) in [4.78, 5) is 7.55. The third-order valence-corrected chi connectivity index (χ3v) is 7.48. The SMILES string of the molecule is Cc1nc(-c2ccc(N3CCOCC3)cc2)cc2c1cc(-c1ccc(S(C)(=O)=O)cc1)n2C. The number of pyridine rings is 1. The molecule has 1 saturated heterocycles. The van der Waals surface area contributed by atoms with Crippen molar-refractivity contribution < 1.29 is 13.2 Å². The van der Waals surface area contributed by atoms with Crippen molar-refractivity contribution in [3.63, 3.8) is 0 Å². The highest BCUT2D eigenvalue weighted by Gasteiger charge is 2.15. The van der Waals surface area contributed by atoms with Crippen LogP contribution in [0.15, 0.2) is 65.6 Å². The van der Waals surface area contributed by atoms with E-state index in [2.05, 4.69) is 45.9 Å². The average molecular weight is 462 g/mol. The van der Waals surface area contributed by atoms with Crippen LogP contribution in [0.25, 0.3) is 33.4 Å². The van der Waals surface area contributed by atoms with Gasteiger partial charge >= 0.3 is 0 Å². The van der Waals surface area contributed by atoms with Gasteiger partial charge in [-0.1, -0.05) is 24.3 Å². The fourth-order valence-electron chi connectivity index (χ4n) is 4.45. The highest BCUT2D eigenvalue weighted by molar-refractivity contribution is 7.90. The zero-order valence-corrected chi connectivity index (χ0v) is 19.9. The Morgan fingerprint density at radius 1 is 0.909 bits per heavy atom. The fourth-order valence-corrected chi connectivity index (χ4v) is 5.08. The minimum Gasteiger partial charge on any atom is -0.378 e. The van der Waals surface area contributed by atoms with Gasteiger partial charge in [0.1, 0.15) is 0 Å². The van der Waals surface area contributed by atoms with Crippen LogP contribution in [0.4, 0.5) is 5.69 Å². The van der Waals surface area contributed by atoms with Gasteiger partial charge in [0.05, 0.1) is 29.3 Å². The molecule has 2 aromatic carbocycles. The molecule has 170 valence electrons. The molecule has 0 N–H and O–H groups in total. The van der Waals surface area contributed by atoms with E-state index in [1.807, 2.05) is 26.1 Å². The van der Waals surface area contributed by atoms with Gasteiger partial charge in [0.2, 0.25) is 0 Å². The Bertz CT molecular complexity index is 1420. The van der Waals surface area contributed by atoms with Gasteiger partial charge in [-0.05, 0) is 48.9 Å². The van der Waals surface area contributed by atoms with Gasteiger partial charge < -0.3 is 14.2 Å². The molecular formula is C26H27N3O3S. The number of rotatable bonds is 4. The summed E-state index contributed by atoms with van der Waals surface area (Å²) in [5, 5.41) is 1.09. The maximum absolute atomic E-state index is 11.8. The van der Waals surface area contributed by atoms with Crippen LogP contribution in [0.5, 0.6) is 0 Å². The topological polar surface area (TPSA) is 64.4 Å². The van der Waals surface area contributed by atoms with Crippen LogP contribution in [-0.2, 0) is 21.6 Å². The van der Waals surface area contributed by atoms with E-state index in [1.165, 1.54) is 11.9 Å². The first-order chi connectivity index (χ1) is 15.8. The Hall–Kier alpha value is -3.16. The molecular weight excluding hydrogens is 434 g/mol. The largest absolute Gasteiger partial charge is 0.378 e. The van der Waals surface area contributed by atoms with Crippen molar-refractivity contribution >= 4 is 26.4 Å². The van der Waals surface area contributed by atoms with E-state index in [0.29, 0.717) is 4.90 Å². The quantitative estimate of drug-likeness (QED) is 0.449. The first-order valence-corrected chi connectivity index (χ1v) is 12.9. The molecule has 0 amide bonds. The van der Waals surface area contributed by atoms with Crippen molar-refractivity contribution in [2.45, 2.75) is 11.8 Å². The van der Waals surface area contributed by atoms with Crippen LogP contribution in [0, 0.1) is 6.92 Å². The van der Waals surface area contributed by atoms with Crippen LogP contribution in [0.1, 0.15) is 5.69 Å². The van der Waals surface area contributed by atoms with Crippen LogP contribution in [-0.4, -0.2) is 50.5 Å². The third-order valence-electron chi connectivity index (χ3n) is 6.35. The van der Waals surface area contributed by atoms with Crippen LogP contribution in [0.3, 0.4) is 0 Å². The lowest BCUT2D eigenvalue weighted by Crippen LogP contribution is -2.36. The first-order valence-electron chi connectivity index (χ1n) is 11.0. The lowest BCUT2D eigenvalue weighted by Gasteiger charge is -2.28. The highest BCUT2D eigenvalue weighted by atomic mass is 32.2. The van der Waals surface area contributed by atoms with Crippen molar-refractivity contribution in [2.75, 3.05) is 37.5 Å². The number of hydrogen-bond donors (Lipinski definition) is 0. The highest BCUT2D eigenvalue weighted by Crippen LogP contribution is 2.32. The smallest absolute Gasteiger partial charge is 0.175 e. The Morgan fingerprint density at radius 3 is 2.18 bits per heavy atom. The number of sulfone groups is 1. The fraction of sp³-hybridized carbons (Fsp3) is 0.269. The van der Waals surface area contributed by atoms with Crippen LogP contribution in [0.2, 0.25) is 0 Å². The second-order valence-electron chi connectivity index (χ2n) is 8.56. The predicted molar refractivity (Wildman–Crippen MR) is 132 cm³/mol. The van der Waals surface area contributed by atoms with E-state index >= 15 is 0 Å². The number of aryl methyl sites for hydroxylation is 2. The maximum atomic E-state index is 11.8. The summed E-state index contributed by atoms with van der Waals surface area (Å²) in [5.74, 6) is 0. The van der Waals surface area contributed by atoms with Gasteiger partial charge in [0.15, 0.2) is 9.84 Å². The van der Waals surface area contributed by atoms with Gasteiger partial charge in [-0.2, -0.15) is 0 Å². The molecule has 0 bridgehead atoms. The van der Waals surface area contributed by atoms with Crippen molar-refractivity contribution in [2.24, 2.45) is 7.05 Å². The molecule has 0 unspecified atom stereocenters. The second kappa shape index (κ2) is 8.32. The lowest BCUT2D eigenvalue weighted by atomic mass is 10.1. The molecule has 0 saturated carbocycles. The summed E-state index contributed by atoms with van der Waals surface area (Å²) in [7, 11) is -1.18. The molecule has 0 spiro atoms. The molecule has 2 aromatic heterocycles. The lowest BCUT2D eigenvalue weighted by molar-refractivity contribution is 0.122. The number of anilines is 1. The van der Waals surface area contributed by atoms with E-state index in [-0.39, 0.29) is 0 Å². The Balaban J connectivity index is 1.51. The summed E-state index contributed by atoms with van der Waals surface area (Å²) >= 11 is 0. The van der Waals surface area contributed by atoms with Crippen LogP contribution >= 0.6 is 0 Å². The number of aromatic nitrogens is 2. The molecule has 7 heteroatoms. The molecule has 1 aliphatic rings. The van der Waals surface area contributed by atoms with Gasteiger partial charge in [0.25, 0.3) is 0 Å². The first kappa shape index (κ1) is 21.7. The minimum absolute atomic E-state index is 0.325. The van der Waals surface area contributed by atoms with Crippen molar-refractivity contribution in [3.05, 3.63) is 66.4 Å². The molecule has 0 radical (unpaired) electrons. The number of benzene rings is 2. The molecule has 4 aromatic rings. The van der Waals surface area contributed by atoms with Gasteiger partial charge in [-0.3, -0.25) is 4.98 Å². The minimum atomic E-state index is -3.22. The van der Waals surface area contributed by atoms with Crippen molar-refractivity contribution in [1.29, 1.82) is 0 Å². The van der Waals surface area contributed by atoms with E-state index in [1.54, 1.807) is 12.1 Å². The molecule has 5 rings (SSSR count). The zero-order valence-electron chi connectivity index (χ0n) is 19.1. The third kappa shape index (κ3) is 4.14. The van der Waals surface area contributed by atoms with E-state index in [4.69, 9.17) is 9.72 Å². The normalized spacial score (nSPS) is 14.7. The van der Waals surface area contributed by atoms with E-state index in [0.717, 1.165) is 65.4 Å². The zero-order chi connectivity index (χ0) is 23.2. The number of nitrogens with zero attached hydrogens (tertiary/aromatic N) is 3. The Labute approximate surface area is 194 Å². The van der Waals surface area contributed by atoms with Crippen molar-refractivity contribution in [3.8, 4) is 22.5 Å². The molecule has 1 fully saturated rings. The molecule has 3 heterocycles. The molecule has 0 atom stereocenters.